The molecule has 1 aliphatic carbocycles. The van der Waals surface area contributed by atoms with Crippen molar-refractivity contribution in [2.75, 3.05) is 0 Å². The summed E-state index contributed by atoms with van der Waals surface area (Å²) in [5.74, 6) is 0.249. The summed E-state index contributed by atoms with van der Waals surface area (Å²) in [7, 11) is 0. The molecule has 1 fully saturated rings. The van der Waals surface area contributed by atoms with Gasteiger partial charge in [0.1, 0.15) is 0 Å². The summed E-state index contributed by atoms with van der Waals surface area (Å²) >= 11 is 0. The molecule has 0 heterocycles. The van der Waals surface area contributed by atoms with E-state index in [-0.39, 0.29) is 5.92 Å². The van der Waals surface area contributed by atoms with Gasteiger partial charge in [-0.2, -0.15) is 0 Å². The number of rotatable bonds is 4. The minimum absolute atomic E-state index is 0.223. The fraction of sp³-hybridized carbons (Fsp3) is 0.917. The average molecular weight is 198 g/mol. The normalized spacial score (nSPS) is 22.6. The van der Waals surface area contributed by atoms with Gasteiger partial charge in [-0.05, 0) is 25.2 Å². The van der Waals surface area contributed by atoms with E-state index < -0.39 is 11.4 Å². The highest BCUT2D eigenvalue weighted by Crippen LogP contribution is 2.40. The first kappa shape index (κ1) is 11.5. The van der Waals surface area contributed by atoms with E-state index in [2.05, 4.69) is 0 Å². The molecule has 2 nitrogen and oxygen atoms in total. The zero-order valence-electron chi connectivity index (χ0n) is 9.55. The van der Waals surface area contributed by atoms with Gasteiger partial charge in [-0.25, -0.2) is 0 Å². The Morgan fingerprint density at radius 3 is 2.29 bits per heavy atom. The van der Waals surface area contributed by atoms with Gasteiger partial charge in [-0.1, -0.05) is 39.5 Å². The summed E-state index contributed by atoms with van der Waals surface area (Å²) in [5, 5.41) is 9.26. The van der Waals surface area contributed by atoms with Crippen LogP contribution < -0.4 is 0 Å². The zero-order chi connectivity index (χ0) is 10.8. The molecule has 2 heteroatoms. The number of aliphatic carboxylic acids is 1. The van der Waals surface area contributed by atoms with Crippen molar-refractivity contribution >= 4 is 5.97 Å². The molecule has 14 heavy (non-hydrogen) atoms. The van der Waals surface area contributed by atoms with E-state index in [1.807, 2.05) is 20.8 Å². The summed E-state index contributed by atoms with van der Waals surface area (Å²) in [6.45, 7) is 5.93. The molecule has 0 amide bonds. The fourth-order valence-electron chi connectivity index (χ4n) is 2.38. The molecule has 1 rings (SSSR count). The van der Waals surface area contributed by atoms with E-state index in [1.165, 1.54) is 25.7 Å². The average Bonchev–Trinajstić information content (AvgIpc) is 2.55. The van der Waals surface area contributed by atoms with Crippen LogP contribution in [0.3, 0.4) is 0 Å². The summed E-state index contributed by atoms with van der Waals surface area (Å²) < 4.78 is 0. The summed E-state index contributed by atoms with van der Waals surface area (Å²) in [5.41, 5.74) is -0.519. The van der Waals surface area contributed by atoms with Gasteiger partial charge < -0.3 is 5.11 Å². The molecule has 0 aromatic rings. The number of hydrogen-bond acceptors (Lipinski definition) is 1. The predicted octanol–water partition coefficient (Wildman–Crippen LogP) is 3.31. The van der Waals surface area contributed by atoms with Crippen LogP contribution in [0.5, 0.6) is 0 Å². The van der Waals surface area contributed by atoms with E-state index in [0.29, 0.717) is 5.92 Å². The lowest BCUT2D eigenvalue weighted by molar-refractivity contribution is -0.152. The third kappa shape index (κ3) is 2.28. The van der Waals surface area contributed by atoms with Crippen LogP contribution in [-0.2, 0) is 4.79 Å². The Bertz CT molecular complexity index is 204. The molecule has 0 aromatic heterocycles. The van der Waals surface area contributed by atoms with E-state index in [0.717, 1.165) is 6.42 Å². The Morgan fingerprint density at radius 1 is 1.43 bits per heavy atom. The van der Waals surface area contributed by atoms with E-state index in [9.17, 15) is 9.90 Å². The fourth-order valence-corrected chi connectivity index (χ4v) is 2.38. The van der Waals surface area contributed by atoms with Crippen LogP contribution in [0.2, 0.25) is 0 Å². The smallest absolute Gasteiger partial charge is 0.309 e. The van der Waals surface area contributed by atoms with Crippen molar-refractivity contribution in [3.05, 3.63) is 0 Å². The molecule has 0 bridgehead atoms. The van der Waals surface area contributed by atoms with Gasteiger partial charge in [0.25, 0.3) is 0 Å². The van der Waals surface area contributed by atoms with Crippen LogP contribution in [0.1, 0.15) is 52.9 Å². The molecular formula is C12H22O2. The molecule has 0 saturated heterocycles. The Balaban J connectivity index is 2.63. The van der Waals surface area contributed by atoms with Crippen molar-refractivity contribution in [3.63, 3.8) is 0 Å². The lowest BCUT2D eigenvalue weighted by atomic mass is 9.72. The van der Waals surface area contributed by atoms with Crippen molar-refractivity contribution in [3.8, 4) is 0 Å². The van der Waals surface area contributed by atoms with Gasteiger partial charge in [0.05, 0.1) is 5.41 Å². The Labute approximate surface area is 86.7 Å². The molecule has 0 radical (unpaired) electrons. The largest absolute Gasteiger partial charge is 0.481 e. The summed E-state index contributed by atoms with van der Waals surface area (Å²) in [6, 6.07) is 0. The quantitative estimate of drug-likeness (QED) is 0.752. The first-order chi connectivity index (χ1) is 6.47. The first-order valence-electron chi connectivity index (χ1n) is 5.70. The van der Waals surface area contributed by atoms with Gasteiger partial charge in [0.2, 0.25) is 0 Å². The number of hydrogen-bond donors (Lipinski definition) is 1. The molecule has 0 aromatic carbocycles. The highest BCUT2D eigenvalue weighted by atomic mass is 16.4. The van der Waals surface area contributed by atoms with E-state index >= 15 is 0 Å². The van der Waals surface area contributed by atoms with Crippen molar-refractivity contribution in [1.29, 1.82) is 0 Å². The molecule has 82 valence electrons. The molecule has 1 aliphatic rings. The standard InChI is InChI=1S/C12H22O2/c1-9(2)12(3,11(13)14)8-10-6-4-5-7-10/h9-10H,4-8H2,1-3H3,(H,13,14). The minimum Gasteiger partial charge on any atom is -0.481 e. The highest BCUT2D eigenvalue weighted by molar-refractivity contribution is 5.74. The Hall–Kier alpha value is -0.530. The third-order valence-corrected chi connectivity index (χ3v) is 3.95. The molecule has 0 aliphatic heterocycles. The maximum Gasteiger partial charge on any atom is 0.309 e. The maximum atomic E-state index is 11.3. The van der Waals surface area contributed by atoms with Crippen molar-refractivity contribution in [2.24, 2.45) is 17.3 Å². The van der Waals surface area contributed by atoms with Crippen LogP contribution in [0, 0.1) is 17.3 Å². The molecular weight excluding hydrogens is 176 g/mol. The summed E-state index contributed by atoms with van der Waals surface area (Å²) in [4.78, 5) is 11.3. The predicted molar refractivity (Wildman–Crippen MR) is 57.2 cm³/mol. The van der Waals surface area contributed by atoms with Crippen molar-refractivity contribution in [1.82, 2.24) is 0 Å². The van der Waals surface area contributed by atoms with E-state index in [4.69, 9.17) is 0 Å². The van der Waals surface area contributed by atoms with E-state index in [1.54, 1.807) is 0 Å². The monoisotopic (exact) mass is 198 g/mol. The second-order valence-electron chi connectivity index (χ2n) is 5.23. The molecule has 1 atom stereocenters. The lowest BCUT2D eigenvalue weighted by Crippen LogP contribution is -2.34. The van der Waals surface area contributed by atoms with Crippen molar-refractivity contribution < 1.29 is 9.90 Å². The van der Waals surface area contributed by atoms with Crippen LogP contribution in [0.4, 0.5) is 0 Å². The molecule has 1 N–H and O–H groups in total. The van der Waals surface area contributed by atoms with Gasteiger partial charge in [-0.3, -0.25) is 4.79 Å². The van der Waals surface area contributed by atoms with Gasteiger partial charge >= 0.3 is 5.97 Å². The summed E-state index contributed by atoms with van der Waals surface area (Å²) in [6.07, 6.45) is 5.90. The molecule has 1 saturated carbocycles. The lowest BCUT2D eigenvalue weighted by Gasteiger charge is -2.31. The number of carboxylic acid groups (broad SMARTS) is 1. The van der Waals surface area contributed by atoms with Gasteiger partial charge in [0.15, 0.2) is 0 Å². The van der Waals surface area contributed by atoms with Crippen LogP contribution in [0.15, 0.2) is 0 Å². The second-order valence-corrected chi connectivity index (χ2v) is 5.23. The van der Waals surface area contributed by atoms with Crippen molar-refractivity contribution in [2.45, 2.75) is 52.9 Å². The SMILES string of the molecule is CC(C)C(C)(CC1CCCC1)C(=O)O. The second kappa shape index (κ2) is 4.33. The van der Waals surface area contributed by atoms with Crippen LogP contribution >= 0.6 is 0 Å². The van der Waals surface area contributed by atoms with Crippen LogP contribution in [-0.4, -0.2) is 11.1 Å². The van der Waals surface area contributed by atoms with Gasteiger partial charge in [-0.15, -0.1) is 0 Å². The number of carbonyl (C=O) groups is 1. The van der Waals surface area contributed by atoms with Gasteiger partial charge in [0, 0.05) is 0 Å². The minimum atomic E-state index is -0.626. The molecule has 0 spiro atoms. The Morgan fingerprint density at radius 2 is 1.93 bits per heavy atom. The zero-order valence-corrected chi connectivity index (χ0v) is 9.55. The first-order valence-corrected chi connectivity index (χ1v) is 5.70. The Kier molecular flexibility index (Phi) is 3.57. The topological polar surface area (TPSA) is 37.3 Å². The van der Waals surface area contributed by atoms with Crippen LogP contribution in [0.25, 0.3) is 0 Å². The molecule has 1 unspecified atom stereocenters. The highest BCUT2D eigenvalue weighted by Gasteiger charge is 2.39. The maximum absolute atomic E-state index is 11.3. The number of carboxylic acids is 1. The third-order valence-electron chi connectivity index (χ3n) is 3.95.